The smallest absolute Gasteiger partial charge is 0.251 e. The lowest BCUT2D eigenvalue weighted by Crippen LogP contribution is -2.30. The van der Waals surface area contributed by atoms with Crippen molar-refractivity contribution >= 4 is 38.7 Å². The van der Waals surface area contributed by atoms with E-state index in [-0.39, 0.29) is 36.0 Å². The molecule has 0 radical (unpaired) electrons. The number of rotatable bonds is 6. The fourth-order valence-electron chi connectivity index (χ4n) is 5.06. The van der Waals surface area contributed by atoms with Gasteiger partial charge in [0.05, 0.1) is 33.8 Å². The number of hydrogen-bond donors (Lipinski definition) is 1. The maximum absolute atomic E-state index is 13.7. The van der Waals surface area contributed by atoms with Gasteiger partial charge in [-0.1, -0.05) is 29.8 Å². The average Bonchev–Trinajstić information content (AvgIpc) is 3.28. The zero-order chi connectivity index (χ0) is 27.0. The van der Waals surface area contributed by atoms with Gasteiger partial charge in [0.2, 0.25) is 0 Å². The molecule has 7 nitrogen and oxygen atoms in total. The topological polar surface area (TPSA) is 103 Å². The van der Waals surface area contributed by atoms with E-state index in [0.717, 1.165) is 35.1 Å². The van der Waals surface area contributed by atoms with Crippen LogP contribution in [0.2, 0.25) is 5.02 Å². The molecule has 10 heteroatoms. The normalized spacial score (nSPS) is 18.3. The minimum Gasteiger partial charge on any atom is -0.351 e. The molecule has 0 saturated carbocycles. The first kappa shape index (κ1) is 25.9. The lowest BCUT2D eigenvalue weighted by atomic mass is 9.77. The van der Waals surface area contributed by atoms with Gasteiger partial charge < -0.3 is 5.32 Å². The van der Waals surface area contributed by atoms with Crippen LogP contribution in [0, 0.1) is 23.1 Å². The molecule has 0 spiro atoms. The molecule has 1 amide bonds. The van der Waals surface area contributed by atoms with Gasteiger partial charge in [0, 0.05) is 29.8 Å². The molecule has 5 rings (SSSR count). The second kappa shape index (κ2) is 10.2. The molecule has 0 bridgehead atoms. The Balaban J connectivity index is 1.49. The Kier molecular flexibility index (Phi) is 6.95. The van der Waals surface area contributed by atoms with Crippen LogP contribution in [0.25, 0.3) is 0 Å². The summed E-state index contributed by atoms with van der Waals surface area (Å²) in [4.78, 5) is 12.6. The van der Waals surface area contributed by atoms with Crippen LogP contribution >= 0.6 is 11.6 Å². The molecule has 194 valence electrons. The number of carbonyl (C=O) groups is 1. The van der Waals surface area contributed by atoms with E-state index in [9.17, 15) is 22.9 Å². The number of sulfone groups is 1. The van der Waals surface area contributed by atoms with Gasteiger partial charge in [-0.05, 0) is 66.4 Å². The third-order valence-corrected chi connectivity index (χ3v) is 8.15. The zero-order valence-corrected chi connectivity index (χ0v) is 22.1. The highest BCUT2D eigenvalue weighted by Gasteiger charge is 2.42. The molecule has 0 saturated heterocycles. The maximum Gasteiger partial charge on any atom is 0.251 e. The number of hydrazone groups is 1. The molecule has 1 heterocycles. The highest BCUT2D eigenvalue weighted by atomic mass is 35.5. The van der Waals surface area contributed by atoms with E-state index >= 15 is 0 Å². The summed E-state index contributed by atoms with van der Waals surface area (Å²) in [6.45, 7) is 0.0466. The molecular weight excluding hydrogens is 527 g/mol. The van der Waals surface area contributed by atoms with Crippen LogP contribution < -0.4 is 10.3 Å². The lowest BCUT2D eigenvalue weighted by molar-refractivity contribution is 0.0956. The van der Waals surface area contributed by atoms with E-state index in [1.54, 1.807) is 36.4 Å². The quantitative estimate of drug-likeness (QED) is 0.481. The predicted molar refractivity (Wildman–Crippen MR) is 145 cm³/mol. The first-order valence-corrected chi connectivity index (χ1v) is 14.5. The summed E-state index contributed by atoms with van der Waals surface area (Å²) < 4.78 is 36.5. The first-order valence-electron chi connectivity index (χ1n) is 12.1. The minimum absolute atomic E-state index is 0.0109. The number of benzene rings is 3. The van der Waals surface area contributed by atoms with Crippen molar-refractivity contribution < 1.29 is 17.6 Å². The van der Waals surface area contributed by atoms with E-state index in [2.05, 4.69) is 11.4 Å². The van der Waals surface area contributed by atoms with Crippen molar-refractivity contribution in [3.63, 3.8) is 0 Å². The van der Waals surface area contributed by atoms with E-state index in [0.29, 0.717) is 28.3 Å². The average molecular weight is 551 g/mol. The van der Waals surface area contributed by atoms with Crippen LogP contribution in [0.4, 0.5) is 10.1 Å². The molecule has 1 aliphatic heterocycles. The highest BCUT2D eigenvalue weighted by Crippen LogP contribution is 2.46. The summed E-state index contributed by atoms with van der Waals surface area (Å²) in [5.41, 5.74) is 5.22. The number of anilines is 1. The summed E-state index contributed by atoms with van der Waals surface area (Å²) >= 11 is 6.35. The Bertz CT molecular complexity index is 1600. The van der Waals surface area contributed by atoms with Crippen molar-refractivity contribution in [1.82, 2.24) is 5.32 Å². The molecule has 2 atom stereocenters. The SMILES string of the molecule is CS(=O)(=O)CCNC(=O)c1ccc2c(c1)CCC1C2=NN(c2ccc(C#N)c(Cl)c2)C1c1ccc(F)cc1. The van der Waals surface area contributed by atoms with Crippen molar-refractivity contribution in [1.29, 1.82) is 5.26 Å². The molecule has 1 N–H and O–H groups in total. The van der Waals surface area contributed by atoms with Crippen LogP contribution in [-0.4, -0.2) is 38.6 Å². The summed E-state index contributed by atoms with van der Waals surface area (Å²) in [6, 6.07) is 18.8. The molecule has 0 fully saturated rings. The van der Waals surface area contributed by atoms with Crippen LogP contribution in [0.3, 0.4) is 0 Å². The summed E-state index contributed by atoms with van der Waals surface area (Å²) in [5, 5.41) is 19.1. The van der Waals surface area contributed by atoms with Crippen LogP contribution in [0.5, 0.6) is 0 Å². The Morgan fingerprint density at radius 1 is 1.18 bits per heavy atom. The number of fused-ring (bicyclic) bond motifs is 3. The monoisotopic (exact) mass is 550 g/mol. The fourth-order valence-corrected chi connectivity index (χ4v) is 5.75. The summed E-state index contributed by atoms with van der Waals surface area (Å²) in [6.07, 6.45) is 2.60. The molecule has 2 unspecified atom stereocenters. The van der Waals surface area contributed by atoms with Gasteiger partial charge in [-0.2, -0.15) is 10.4 Å². The standard InChI is InChI=1S/C28H24ClFN4O3S/c1-38(36,37)13-12-32-28(35)19-6-10-23-18(14-19)5-11-24-26(23)33-34(22-9-4-20(16-31)25(29)15-22)27(24)17-2-7-21(30)8-3-17/h2-4,6-10,14-15,24,27H,5,11-13H2,1H3,(H,32,35). The number of nitrogens with one attached hydrogen (secondary N) is 1. The van der Waals surface area contributed by atoms with E-state index in [1.165, 1.54) is 12.1 Å². The Morgan fingerprint density at radius 3 is 2.63 bits per heavy atom. The van der Waals surface area contributed by atoms with Crippen LogP contribution in [0.1, 0.15) is 45.1 Å². The zero-order valence-electron chi connectivity index (χ0n) is 20.5. The Morgan fingerprint density at radius 2 is 1.95 bits per heavy atom. The molecule has 3 aromatic rings. The van der Waals surface area contributed by atoms with E-state index in [4.69, 9.17) is 16.7 Å². The number of carbonyl (C=O) groups excluding carboxylic acids is 1. The predicted octanol–water partition coefficient (Wildman–Crippen LogP) is 4.65. The number of nitriles is 1. The van der Waals surface area contributed by atoms with Gasteiger partial charge in [0.1, 0.15) is 21.7 Å². The van der Waals surface area contributed by atoms with Gasteiger partial charge >= 0.3 is 0 Å². The maximum atomic E-state index is 13.7. The Hall–Kier alpha value is -3.74. The second-order valence-electron chi connectivity index (χ2n) is 9.51. The molecule has 3 aromatic carbocycles. The van der Waals surface area contributed by atoms with Gasteiger partial charge in [-0.15, -0.1) is 0 Å². The highest BCUT2D eigenvalue weighted by molar-refractivity contribution is 7.90. The number of aryl methyl sites for hydroxylation is 1. The fraction of sp³-hybridized carbons (Fsp3) is 0.250. The molecule has 1 aliphatic carbocycles. The molecule has 0 aromatic heterocycles. The van der Waals surface area contributed by atoms with E-state index in [1.807, 2.05) is 17.1 Å². The van der Waals surface area contributed by atoms with Gasteiger partial charge in [-0.3, -0.25) is 9.80 Å². The molecular formula is C28H24ClFN4O3S. The lowest BCUT2D eigenvalue weighted by Gasteiger charge is -2.31. The van der Waals surface area contributed by atoms with Crippen LogP contribution in [-0.2, 0) is 16.3 Å². The van der Waals surface area contributed by atoms with Crippen molar-refractivity contribution in [2.24, 2.45) is 11.0 Å². The van der Waals surface area contributed by atoms with Crippen LogP contribution in [0.15, 0.2) is 65.8 Å². The summed E-state index contributed by atoms with van der Waals surface area (Å²) in [7, 11) is -3.17. The minimum atomic E-state index is -3.17. The molecule has 2 aliphatic rings. The van der Waals surface area contributed by atoms with Crippen molar-refractivity contribution in [2.75, 3.05) is 23.6 Å². The molecule has 38 heavy (non-hydrogen) atoms. The van der Waals surface area contributed by atoms with Gasteiger partial charge in [0.15, 0.2) is 0 Å². The van der Waals surface area contributed by atoms with Gasteiger partial charge in [-0.25, -0.2) is 12.8 Å². The summed E-state index contributed by atoms with van der Waals surface area (Å²) in [5.74, 6) is -0.763. The number of amides is 1. The van der Waals surface area contributed by atoms with Crippen molar-refractivity contribution in [3.05, 3.63) is 99.3 Å². The Labute approximate surface area is 225 Å². The third kappa shape index (κ3) is 5.15. The largest absolute Gasteiger partial charge is 0.351 e. The van der Waals surface area contributed by atoms with Crippen molar-refractivity contribution in [2.45, 2.75) is 18.9 Å². The second-order valence-corrected chi connectivity index (χ2v) is 12.2. The van der Waals surface area contributed by atoms with Crippen molar-refractivity contribution in [3.8, 4) is 6.07 Å². The van der Waals surface area contributed by atoms with E-state index < -0.39 is 9.84 Å². The van der Waals surface area contributed by atoms with Gasteiger partial charge in [0.25, 0.3) is 5.91 Å². The third-order valence-electron chi connectivity index (χ3n) is 6.89. The first-order chi connectivity index (χ1) is 18.1. The number of nitrogens with zero attached hydrogens (tertiary/aromatic N) is 3. The number of hydrogen-bond acceptors (Lipinski definition) is 6. The number of halogens is 2.